The fourth-order valence-electron chi connectivity index (χ4n) is 2.42. The van der Waals surface area contributed by atoms with Gasteiger partial charge in [0.1, 0.15) is 17.2 Å². The zero-order valence-electron chi connectivity index (χ0n) is 13.2. The summed E-state index contributed by atoms with van der Waals surface area (Å²) in [6.45, 7) is 2.11. The molecular weight excluding hydrogens is 284 g/mol. The second kappa shape index (κ2) is 7.01. The quantitative estimate of drug-likeness (QED) is 0.695. The normalized spacial score (nSPS) is 10.5. The van der Waals surface area contributed by atoms with Crippen molar-refractivity contribution in [2.45, 2.75) is 19.8 Å². The van der Waals surface area contributed by atoms with Crippen LogP contribution in [0.15, 0.2) is 72.8 Å². The lowest BCUT2D eigenvalue weighted by molar-refractivity contribution is 0.464. The van der Waals surface area contributed by atoms with E-state index < -0.39 is 0 Å². The van der Waals surface area contributed by atoms with Crippen LogP contribution in [-0.4, -0.2) is 5.11 Å². The van der Waals surface area contributed by atoms with E-state index in [1.54, 1.807) is 24.3 Å². The SMILES string of the molecule is Cc1ccc(CCc2ccc(Oc3ccc(O)cc3)cc2)cc1. The standard InChI is InChI=1S/C21H20O2/c1-16-2-4-17(5-3-16)6-7-18-8-12-20(13-9-18)23-21-14-10-19(22)11-15-21/h2-5,8-15,22H,6-7H2,1H3. The lowest BCUT2D eigenvalue weighted by Gasteiger charge is -2.07. The van der Waals surface area contributed by atoms with Gasteiger partial charge >= 0.3 is 0 Å². The Balaban J connectivity index is 1.58. The van der Waals surface area contributed by atoms with Crippen LogP contribution in [0.5, 0.6) is 17.2 Å². The number of aryl methyl sites for hydroxylation is 3. The number of phenols is 1. The first kappa shape index (κ1) is 15.2. The lowest BCUT2D eigenvalue weighted by atomic mass is 10.0. The zero-order chi connectivity index (χ0) is 16.1. The Kier molecular flexibility index (Phi) is 4.62. The molecule has 0 saturated carbocycles. The third-order valence-corrected chi connectivity index (χ3v) is 3.82. The molecule has 3 aromatic rings. The number of aromatic hydroxyl groups is 1. The summed E-state index contributed by atoms with van der Waals surface area (Å²) < 4.78 is 5.75. The van der Waals surface area contributed by atoms with Crippen LogP contribution in [0.2, 0.25) is 0 Å². The maximum atomic E-state index is 9.27. The number of phenolic OH excluding ortho intramolecular Hbond substituents is 1. The molecule has 0 aliphatic heterocycles. The number of hydrogen-bond donors (Lipinski definition) is 1. The van der Waals surface area contributed by atoms with Crippen LogP contribution < -0.4 is 4.74 Å². The molecule has 0 bridgehead atoms. The second-order valence-electron chi connectivity index (χ2n) is 5.73. The number of benzene rings is 3. The summed E-state index contributed by atoms with van der Waals surface area (Å²) in [6, 6.07) is 23.6. The molecule has 116 valence electrons. The molecule has 1 N–H and O–H groups in total. The summed E-state index contributed by atoms with van der Waals surface area (Å²) in [4.78, 5) is 0. The lowest BCUT2D eigenvalue weighted by Crippen LogP contribution is -1.92. The third kappa shape index (κ3) is 4.36. The summed E-state index contributed by atoms with van der Waals surface area (Å²) >= 11 is 0. The van der Waals surface area contributed by atoms with Gasteiger partial charge in [0.15, 0.2) is 0 Å². The van der Waals surface area contributed by atoms with Crippen molar-refractivity contribution in [3.8, 4) is 17.2 Å². The van der Waals surface area contributed by atoms with Gasteiger partial charge in [-0.3, -0.25) is 0 Å². The third-order valence-electron chi connectivity index (χ3n) is 3.82. The van der Waals surface area contributed by atoms with E-state index >= 15 is 0 Å². The summed E-state index contributed by atoms with van der Waals surface area (Å²) in [5.41, 5.74) is 3.95. The average molecular weight is 304 g/mol. The summed E-state index contributed by atoms with van der Waals surface area (Å²) in [6.07, 6.45) is 2.06. The van der Waals surface area contributed by atoms with Crippen LogP contribution in [0.1, 0.15) is 16.7 Å². The van der Waals surface area contributed by atoms with Gasteiger partial charge in [-0.1, -0.05) is 42.0 Å². The van der Waals surface area contributed by atoms with Crippen molar-refractivity contribution in [2.24, 2.45) is 0 Å². The Morgan fingerprint density at radius 1 is 0.652 bits per heavy atom. The minimum atomic E-state index is 0.240. The molecule has 0 aliphatic carbocycles. The van der Waals surface area contributed by atoms with Crippen molar-refractivity contribution < 1.29 is 9.84 Å². The van der Waals surface area contributed by atoms with Gasteiger partial charge in [0.05, 0.1) is 0 Å². The molecule has 0 atom stereocenters. The topological polar surface area (TPSA) is 29.5 Å². The molecule has 23 heavy (non-hydrogen) atoms. The minimum absolute atomic E-state index is 0.240. The molecule has 0 amide bonds. The van der Waals surface area contributed by atoms with Crippen LogP contribution in [0.25, 0.3) is 0 Å². The van der Waals surface area contributed by atoms with Gasteiger partial charge in [-0.15, -0.1) is 0 Å². The highest BCUT2D eigenvalue weighted by molar-refractivity contribution is 5.36. The molecule has 0 spiro atoms. The van der Waals surface area contributed by atoms with Crippen molar-refractivity contribution in [3.63, 3.8) is 0 Å². The fraction of sp³-hybridized carbons (Fsp3) is 0.143. The Morgan fingerprint density at radius 2 is 1.09 bits per heavy atom. The predicted molar refractivity (Wildman–Crippen MR) is 93.2 cm³/mol. The largest absolute Gasteiger partial charge is 0.508 e. The van der Waals surface area contributed by atoms with E-state index in [9.17, 15) is 5.11 Å². The van der Waals surface area contributed by atoms with E-state index in [2.05, 4.69) is 43.3 Å². The van der Waals surface area contributed by atoms with Gasteiger partial charge in [-0.2, -0.15) is 0 Å². The van der Waals surface area contributed by atoms with E-state index in [0.717, 1.165) is 24.3 Å². The summed E-state index contributed by atoms with van der Waals surface area (Å²) in [7, 11) is 0. The van der Waals surface area contributed by atoms with E-state index in [1.165, 1.54) is 16.7 Å². The van der Waals surface area contributed by atoms with Crippen molar-refractivity contribution in [1.29, 1.82) is 0 Å². The van der Waals surface area contributed by atoms with Crippen molar-refractivity contribution in [2.75, 3.05) is 0 Å². The maximum absolute atomic E-state index is 9.27. The van der Waals surface area contributed by atoms with Crippen molar-refractivity contribution in [3.05, 3.63) is 89.5 Å². The predicted octanol–water partition coefficient (Wildman–Crippen LogP) is 5.28. The van der Waals surface area contributed by atoms with Gasteiger partial charge in [0.2, 0.25) is 0 Å². The van der Waals surface area contributed by atoms with Crippen molar-refractivity contribution in [1.82, 2.24) is 0 Å². The minimum Gasteiger partial charge on any atom is -0.508 e. The first-order valence-electron chi connectivity index (χ1n) is 7.80. The summed E-state index contributed by atoms with van der Waals surface area (Å²) in [5.74, 6) is 1.76. The highest BCUT2D eigenvalue weighted by Gasteiger charge is 2.00. The molecular formula is C21H20O2. The molecule has 2 heteroatoms. The Morgan fingerprint density at radius 3 is 1.61 bits per heavy atom. The van der Waals surface area contributed by atoms with E-state index in [1.807, 2.05) is 12.1 Å². The Labute approximate surface area is 137 Å². The van der Waals surface area contributed by atoms with Gasteiger partial charge in [-0.05, 0) is 67.3 Å². The molecule has 0 heterocycles. The van der Waals surface area contributed by atoms with Crippen LogP contribution in [0.3, 0.4) is 0 Å². The molecule has 3 aromatic carbocycles. The summed E-state index contributed by atoms with van der Waals surface area (Å²) in [5, 5.41) is 9.27. The monoisotopic (exact) mass is 304 g/mol. The highest BCUT2D eigenvalue weighted by Crippen LogP contribution is 2.23. The van der Waals surface area contributed by atoms with Gasteiger partial charge < -0.3 is 9.84 Å². The highest BCUT2D eigenvalue weighted by atomic mass is 16.5. The molecule has 2 nitrogen and oxygen atoms in total. The van der Waals surface area contributed by atoms with Crippen LogP contribution in [0.4, 0.5) is 0 Å². The van der Waals surface area contributed by atoms with Crippen molar-refractivity contribution >= 4 is 0 Å². The van der Waals surface area contributed by atoms with E-state index in [-0.39, 0.29) is 5.75 Å². The fourth-order valence-corrected chi connectivity index (χ4v) is 2.42. The van der Waals surface area contributed by atoms with Crippen LogP contribution >= 0.6 is 0 Å². The average Bonchev–Trinajstić information content (AvgIpc) is 2.58. The molecule has 0 radical (unpaired) electrons. The van der Waals surface area contributed by atoms with Crippen LogP contribution in [-0.2, 0) is 12.8 Å². The Bertz CT molecular complexity index is 741. The second-order valence-corrected chi connectivity index (χ2v) is 5.73. The van der Waals surface area contributed by atoms with Gasteiger partial charge in [-0.25, -0.2) is 0 Å². The van der Waals surface area contributed by atoms with Gasteiger partial charge in [0.25, 0.3) is 0 Å². The first-order chi connectivity index (χ1) is 11.2. The van der Waals surface area contributed by atoms with Gasteiger partial charge in [0, 0.05) is 0 Å². The number of rotatable bonds is 5. The molecule has 0 aliphatic rings. The number of ether oxygens (including phenoxy) is 1. The molecule has 0 aromatic heterocycles. The van der Waals surface area contributed by atoms with Crippen LogP contribution in [0, 0.1) is 6.92 Å². The zero-order valence-corrected chi connectivity index (χ0v) is 13.2. The molecule has 3 rings (SSSR count). The molecule has 0 unspecified atom stereocenters. The maximum Gasteiger partial charge on any atom is 0.127 e. The van der Waals surface area contributed by atoms with E-state index in [4.69, 9.17) is 4.74 Å². The smallest absolute Gasteiger partial charge is 0.127 e. The van der Waals surface area contributed by atoms with E-state index in [0.29, 0.717) is 0 Å². The molecule has 0 fully saturated rings. The molecule has 0 saturated heterocycles. The first-order valence-corrected chi connectivity index (χ1v) is 7.80. The Hall–Kier alpha value is -2.74. The number of hydrogen-bond acceptors (Lipinski definition) is 2.